The third-order valence-electron chi connectivity index (χ3n) is 3.59. The minimum Gasteiger partial charge on any atom is -0.481 e. The van der Waals surface area contributed by atoms with Gasteiger partial charge < -0.3 is 10.1 Å². The molecule has 0 fully saturated rings. The van der Waals surface area contributed by atoms with Gasteiger partial charge in [0.25, 0.3) is 5.56 Å². The number of rotatable bonds is 4. The minimum absolute atomic E-state index is 0.0479. The van der Waals surface area contributed by atoms with Gasteiger partial charge >= 0.3 is 5.97 Å². The molecule has 3 rings (SSSR count). The van der Waals surface area contributed by atoms with Crippen LogP contribution in [0, 0.1) is 5.92 Å². The molecule has 2 N–H and O–H groups in total. The van der Waals surface area contributed by atoms with Crippen LogP contribution in [0.5, 0.6) is 0 Å². The van der Waals surface area contributed by atoms with E-state index < -0.39 is 5.97 Å². The van der Waals surface area contributed by atoms with Crippen LogP contribution in [0.3, 0.4) is 0 Å². The Morgan fingerprint density at radius 1 is 1.52 bits per heavy atom. The van der Waals surface area contributed by atoms with E-state index in [2.05, 4.69) is 9.97 Å². The SMILES string of the molecule is CC(CC(=O)O)Cc1nc2sc3c(c2c(=O)[nH]1)CCSC3. The van der Waals surface area contributed by atoms with Gasteiger partial charge in [0, 0.05) is 23.5 Å². The van der Waals surface area contributed by atoms with Gasteiger partial charge in [-0.25, -0.2) is 4.98 Å². The number of thiophene rings is 1. The summed E-state index contributed by atoms with van der Waals surface area (Å²) in [6, 6.07) is 0. The van der Waals surface area contributed by atoms with Crippen molar-refractivity contribution in [1.29, 1.82) is 0 Å². The molecule has 2 aromatic rings. The third-order valence-corrected chi connectivity index (χ3v) is 5.88. The second-order valence-corrected chi connectivity index (χ2v) is 7.60. The number of aliphatic carboxylic acids is 1. The standard InChI is InChI=1S/C14H16N2O3S2/c1-7(5-11(17)18)4-10-15-13(19)12-8-2-3-20-6-9(8)21-14(12)16-10/h7H,2-6H2,1H3,(H,17,18)(H,15,16,19). The van der Waals surface area contributed by atoms with Gasteiger partial charge in [-0.1, -0.05) is 6.92 Å². The molecule has 0 aliphatic carbocycles. The first kappa shape index (κ1) is 14.6. The summed E-state index contributed by atoms with van der Waals surface area (Å²) in [4.78, 5) is 32.5. The fourth-order valence-corrected chi connectivity index (χ4v) is 5.04. The van der Waals surface area contributed by atoms with E-state index in [1.807, 2.05) is 18.7 Å². The van der Waals surface area contributed by atoms with Gasteiger partial charge in [0.05, 0.1) is 5.39 Å². The summed E-state index contributed by atoms with van der Waals surface area (Å²) in [5.74, 6) is 1.73. The summed E-state index contributed by atoms with van der Waals surface area (Å²) in [6.07, 6.45) is 1.49. The average Bonchev–Trinajstić information content (AvgIpc) is 2.75. The third kappa shape index (κ3) is 2.98. The Labute approximate surface area is 129 Å². The lowest BCUT2D eigenvalue weighted by molar-refractivity contribution is -0.137. The van der Waals surface area contributed by atoms with Crippen LogP contribution in [0.2, 0.25) is 0 Å². The van der Waals surface area contributed by atoms with E-state index >= 15 is 0 Å². The summed E-state index contributed by atoms with van der Waals surface area (Å²) in [5.41, 5.74) is 1.08. The van der Waals surface area contributed by atoms with E-state index in [1.165, 1.54) is 4.88 Å². The number of nitrogens with one attached hydrogen (secondary N) is 1. The number of aromatic amines is 1. The maximum atomic E-state index is 12.3. The topological polar surface area (TPSA) is 83.0 Å². The molecule has 0 aromatic carbocycles. The lowest BCUT2D eigenvalue weighted by Crippen LogP contribution is -2.16. The molecule has 5 nitrogen and oxygen atoms in total. The van der Waals surface area contributed by atoms with Crippen molar-refractivity contribution in [3.05, 3.63) is 26.6 Å². The molecule has 3 heterocycles. The Kier molecular flexibility index (Phi) is 4.03. The predicted octanol–water partition coefficient (Wildman–Crippen LogP) is 2.43. The van der Waals surface area contributed by atoms with Crippen LogP contribution >= 0.6 is 23.1 Å². The Hall–Kier alpha value is -1.34. The van der Waals surface area contributed by atoms with E-state index in [0.717, 1.165) is 33.7 Å². The molecule has 1 unspecified atom stereocenters. The van der Waals surface area contributed by atoms with Gasteiger partial charge in [0.2, 0.25) is 0 Å². The number of nitrogens with zero attached hydrogens (tertiary/aromatic N) is 1. The zero-order valence-corrected chi connectivity index (χ0v) is 13.3. The molecule has 0 radical (unpaired) electrons. The number of aryl methyl sites for hydroxylation is 1. The molecular formula is C14H16N2O3S2. The lowest BCUT2D eigenvalue weighted by atomic mass is 10.0. The Balaban J connectivity index is 1.96. The highest BCUT2D eigenvalue weighted by Crippen LogP contribution is 2.35. The van der Waals surface area contributed by atoms with Gasteiger partial charge in [-0.3, -0.25) is 9.59 Å². The number of carbonyl (C=O) groups is 1. The molecule has 21 heavy (non-hydrogen) atoms. The summed E-state index contributed by atoms with van der Waals surface area (Å²) in [7, 11) is 0. The van der Waals surface area contributed by atoms with Crippen molar-refractivity contribution in [3.8, 4) is 0 Å². The number of thioether (sulfide) groups is 1. The predicted molar refractivity (Wildman–Crippen MR) is 85.2 cm³/mol. The normalized spacial score (nSPS) is 15.9. The molecule has 1 atom stereocenters. The van der Waals surface area contributed by atoms with Crippen LogP contribution in [0.25, 0.3) is 10.2 Å². The van der Waals surface area contributed by atoms with Crippen LogP contribution in [0.4, 0.5) is 0 Å². The van der Waals surface area contributed by atoms with Crippen molar-refractivity contribution in [3.63, 3.8) is 0 Å². The Morgan fingerprint density at radius 3 is 3.10 bits per heavy atom. The second-order valence-electron chi connectivity index (χ2n) is 5.41. The molecule has 0 amide bonds. The summed E-state index contributed by atoms with van der Waals surface area (Å²) in [6.45, 7) is 1.86. The Morgan fingerprint density at radius 2 is 2.33 bits per heavy atom. The first-order valence-electron chi connectivity index (χ1n) is 6.87. The van der Waals surface area contributed by atoms with Crippen LogP contribution in [0.1, 0.15) is 29.6 Å². The maximum Gasteiger partial charge on any atom is 0.303 e. The van der Waals surface area contributed by atoms with Crippen LogP contribution < -0.4 is 5.56 Å². The van der Waals surface area contributed by atoms with Gasteiger partial charge in [-0.15, -0.1) is 11.3 Å². The Bertz CT molecular complexity index is 750. The van der Waals surface area contributed by atoms with Gasteiger partial charge in [-0.2, -0.15) is 11.8 Å². The number of hydrogen-bond acceptors (Lipinski definition) is 5. The minimum atomic E-state index is -0.825. The van der Waals surface area contributed by atoms with Crippen molar-refractivity contribution in [2.24, 2.45) is 5.92 Å². The molecule has 1 aliphatic rings. The highest BCUT2D eigenvalue weighted by molar-refractivity contribution is 7.98. The second kappa shape index (κ2) is 5.81. The zero-order chi connectivity index (χ0) is 15.0. The average molecular weight is 324 g/mol. The zero-order valence-electron chi connectivity index (χ0n) is 11.6. The molecular weight excluding hydrogens is 308 g/mol. The van der Waals surface area contributed by atoms with E-state index in [9.17, 15) is 9.59 Å². The number of carboxylic acids is 1. The van der Waals surface area contributed by atoms with E-state index in [1.54, 1.807) is 11.3 Å². The molecule has 112 valence electrons. The van der Waals surface area contributed by atoms with Gasteiger partial charge in [0.1, 0.15) is 10.7 Å². The van der Waals surface area contributed by atoms with E-state index in [4.69, 9.17) is 5.11 Å². The molecule has 0 saturated carbocycles. The summed E-state index contributed by atoms with van der Waals surface area (Å²) < 4.78 is 0. The fourth-order valence-electron chi connectivity index (χ4n) is 2.67. The van der Waals surface area contributed by atoms with Crippen LogP contribution in [-0.4, -0.2) is 26.8 Å². The first-order valence-corrected chi connectivity index (χ1v) is 8.84. The van der Waals surface area contributed by atoms with Crippen molar-refractivity contribution in [2.75, 3.05) is 5.75 Å². The molecule has 0 bridgehead atoms. The smallest absolute Gasteiger partial charge is 0.303 e. The number of carboxylic acid groups (broad SMARTS) is 1. The number of fused-ring (bicyclic) bond motifs is 3. The number of aromatic nitrogens is 2. The molecule has 7 heteroatoms. The highest BCUT2D eigenvalue weighted by Gasteiger charge is 2.20. The summed E-state index contributed by atoms with van der Waals surface area (Å²) in [5, 5.41) is 9.55. The lowest BCUT2D eigenvalue weighted by Gasteiger charge is -2.10. The quantitative estimate of drug-likeness (QED) is 0.902. The monoisotopic (exact) mass is 324 g/mol. The number of H-pyrrole nitrogens is 1. The molecule has 1 aliphatic heterocycles. The first-order chi connectivity index (χ1) is 10.0. The van der Waals surface area contributed by atoms with Crippen molar-refractivity contribution in [2.45, 2.75) is 31.9 Å². The van der Waals surface area contributed by atoms with E-state index in [0.29, 0.717) is 12.2 Å². The molecule has 0 spiro atoms. The van der Waals surface area contributed by atoms with Crippen molar-refractivity contribution in [1.82, 2.24) is 9.97 Å². The fraction of sp³-hybridized carbons (Fsp3) is 0.500. The van der Waals surface area contributed by atoms with Crippen molar-refractivity contribution >= 4 is 39.3 Å². The molecule has 0 saturated heterocycles. The van der Waals surface area contributed by atoms with E-state index in [-0.39, 0.29) is 17.9 Å². The van der Waals surface area contributed by atoms with Crippen LogP contribution in [0.15, 0.2) is 4.79 Å². The van der Waals surface area contributed by atoms with Crippen molar-refractivity contribution < 1.29 is 9.90 Å². The summed E-state index contributed by atoms with van der Waals surface area (Å²) >= 11 is 3.49. The number of hydrogen-bond donors (Lipinski definition) is 2. The molecule has 2 aromatic heterocycles. The highest BCUT2D eigenvalue weighted by atomic mass is 32.2. The van der Waals surface area contributed by atoms with Crippen LogP contribution in [-0.2, 0) is 23.4 Å². The largest absolute Gasteiger partial charge is 0.481 e. The maximum absolute atomic E-state index is 12.3. The van der Waals surface area contributed by atoms with Gasteiger partial charge in [0.15, 0.2) is 0 Å². The van der Waals surface area contributed by atoms with Gasteiger partial charge in [-0.05, 0) is 23.7 Å².